The molecule has 0 aliphatic carbocycles. The predicted octanol–water partition coefficient (Wildman–Crippen LogP) is 8.24. The van der Waals surface area contributed by atoms with Crippen LogP contribution in [0.4, 0.5) is 0 Å². The summed E-state index contributed by atoms with van der Waals surface area (Å²) in [4.78, 5) is 0. The zero-order valence-electron chi connectivity index (χ0n) is 13.1. The van der Waals surface area contributed by atoms with E-state index in [1.54, 1.807) is 0 Å². The zero-order valence-corrected chi connectivity index (χ0v) is 17.7. The van der Waals surface area contributed by atoms with E-state index in [4.69, 9.17) is 0 Å². The Bertz CT molecular complexity index is 1250. The van der Waals surface area contributed by atoms with Crippen molar-refractivity contribution >= 4 is 80.8 Å². The minimum absolute atomic E-state index is 1.11. The smallest absolute Gasteiger partial charge is 0.0440 e. The molecule has 0 radical (unpaired) electrons. The van der Waals surface area contributed by atoms with Gasteiger partial charge in [-0.2, -0.15) is 0 Å². The van der Waals surface area contributed by atoms with Gasteiger partial charge in [-0.25, -0.2) is 0 Å². The third-order valence-electron chi connectivity index (χ3n) is 4.61. The molecule has 0 unspecified atom stereocenters. The van der Waals surface area contributed by atoms with Crippen LogP contribution in [-0.4, -0.2) is 0 Å². The van der Waals surface area contributed by atoms with Gasteiger partial charge in [-0.3, -0.25) is 0 Å². The molecule has 0 bridgehead atoms. The van der Waals surface area contributed by atoms with Crippen molar-refractivity contribution in [1.29, 1.82) is 0 Å². The van der Waals surface area contributed by atoms with Gasteiger partial charge in [-0.1, -0.05) is 70.5 Å². The molecule has 0 aliphatic rings. The third kappa shape index (κ3) is 2.44. The van der Waals surface area contributed by atoms with Gasteiger partial charge in [0, 0.05) is 39.2 Å². The summed E-state index contributed by atoms with van der Waals surface area (Å²) in [6, 6.07) is 26.2. The van der Waals surface area contributed by atoms with Gasteiger partial charge in [0.15, 0.2) is 0 Å². The summed E-state index contributed by atoms with van der Waals surface area (Å²) in [6.07, 6.45) is 0. The molecule has 5 aromatic rings. The van der Waals surface area contributed by atoms with E-state index in [9.17, 15) is 0 Å². The Kier molecular flexibility index (Phi) is 3.84. The fourth-order valence-corrected chi connectivity index (χ4v) is 6.05. The number of rotatable bonds is 1. The SMILES string of the molecule is Brc1ccc(-c2c(I)c3ccccc3c3sc4ccccc4c23)cc1. The quantitative estimate of drug-likeness (QED) is 0.197. The van der Waals surface area contributed by atoms with E-state index in [-0.39, 0.29) is 0 Å². The minimum Gasteiger partial charge on any atom is -0.135 e. The van der Waals surface area contributed by atoms with E-state index >= 15 is 0 Å². The minimum atomic E-state index is 1.11. The van der Waals surface area contributed by atoms with Gasteiger partial charge in [0.25, 0.3) is 0 Å². The molecule has 5 rings (SSSR count). The highest BCUT2D eigenvalue weighted by atomic mass is 127. The van der Waals surface area contributed by atoms with Crippen molar-refractivity contribution in [1.82, 2.24) is 0 Å². The van der Waals surface area contributed by atoms with Crippen LogP contribution in [0.1, 0.15) is 0 Å². The Hall–Kier alpha value is -1.43. The first-order valence-corrected chi connectivity index (χ1v) is 10.7. The summed E-state index contributed by atoms with van der Waals surface area (Å²) in [5.41, 5.74) is 2.62. The Balaban J connectivity index is 2.07. The maximum Gasteiger partial charge on any atom is 0.0440 e. The van der Waals surface area contributed by atoms with E-state index < -0.39 is 0 Å². The molecule has 0 atom stereocenters. The Morgan fingerprint density at radius 1 is 0.720 bits per heavy atom. The molecule has 1 heterocycles. The lowest BCUT2D eigenvalue weighted by Crippen LogP contribution is -1.88. The Morgan fingerprint density at radius 2 is 1.36 bits per heavy atom. The predicted molar refractivity (Wildman–Crippen MR) is 123 cm³/mol. The molecule has 0 N–H and O–H groups in total. The van der Waals surface area contributed by atoms with Gasteiger partial charge in [-0.15, -0.1) is 11.3 Å². The molecule has 3 heteroatoms. The fourth-order valence-electron chi connectivity index (χ4n) is 3.49. The van der Waals surface area contributed by atoms with Crippen molar-refractivity contribution in [3.63, 3.8) is 0 Å². The van der Waals surface area contributed by atoms with E-state index in [1.165, 1.54) is 45.6 Å². The molecule has 120 valence electrons. The average molecular weight is 515 g/mol. The number of halogens is 2. The highest BCUT2D eigenvalue weighted by Gasteiger charge is 2.18. The highest BCUT2D eigenvalue weighted by molar-refractivity contribution is 14.1. The van der Waals surface area contributed by atoms with Crippen molar-refractivity contribution in [2.75, 3.05) is 0 Å². The van der Waals surface area contributed by atoms with Crippen molar-refractivity contribution < 1.29 is 0 Å². The van der Waals surface area contributed by atoms with Crippen LogP contribution in [0.2, 0.25) is 0 Å². The summed E-state index contributed by atoms with van der Waals surface area (Å²) in [7, 11) is 0. The number of hydrogen-bond donors (Lipinski definition) is 0. The summed E-state index contributed by atoms with van der Waals surface area (Å²) in [6.45, 7) is 0. The molecule has 4 aromatic carbocycles. The second-order valence-corrected chi connectivity index (χ2v) is 9.09. The van der Waals surface area contributed by atoms with Gasteiger partial charge in [0.2, 0.25) is 0 Å². The Labute approximate surface area is 171 Å². The number of benzene rings is 4. The van der Waals surface area contributed by atoms with Gasteiger partial charge >= 0.3 is 0 Å². The van der Waals surface area contributed by atoms with Crippen LogP contribution in [0.3, 0.4) is 0 Å². The van der Waals surface area contributed by atoms with Crippen LogP contribution in [0.25, 0.3) is 42.1 Å². The molecule has 1 aromatic heterocycles. The monoisotopic (exact) mass is 514 g/mol. The van der Waals surface area contributed by atoms with E-state index in [0.717, 1.165) is 4.47 Å². The molecule has 25 heavy (non-hydrogen) atoms. The van der Waals surface area contributed by atoms with Crippen LogP contribution in [0.5, 0.6) is 0 Å². The lowest BCUT2D eigenvalue weighted by Gasteiger charge is -2.12. The summed E-state index contributed by atoms with van der Waals surface area (Å²) in [5, 5.41) is 5.42. The highest BCUT2D eigenvalue weighted by Crippen LogP contribution is 2.46. The second-order valence-electron chi connectivity index (χ2n) is 6.04. The molecule has 0 spiro atoms. The van der Waals surface area contributed by atoms with E-state index in [2.05, 4.69) is 111 Å². The number of hydrogen-bond acceptors (Lipinski definition) is 1. The lowest BCUT2D eigenvalue weighted by atomic mass is 9.95. The largest absolute Gasteiger partial charge is 0.135 e. The van der Waals surface area contributed by atoms with Gasteiger partial charge in [0.05, 0.1) is 0 Å². The van der Waals surface area contributed by atoms with Crippen LogP contribution in [-0.2, 0) is 0 Å². The zero-order chi connectivity index (χ0) is 17.0. The normalized spacial score (nSPS) is 11.6. The van der Waals surface area contributed by atoms with Crippen molar-refractivity contribution in [3.8, 4) is 11.1 Å². The average Bonchev–Trinajstić information content (AvgIpc) is 3.03. The molecule has 0 aliphatic heterocycles. The van der Waals surface area contributed by atoms with Crippen LogP contribution in [0, 0.1) is 3.57 Å². The van der Waals surface area contributed by atoms with Crippen LogP contribution in [0.15, 0.2) is 77.3 Å². The molecule has 0 amide bonds. The maximum absolute atomic E-state index is 3.56. The van der Waals surface area contributed by atoms with Gasteiger partial charge < -0.3 is 0 Å². The second kappa shape index (κ2) is 6.08. The number of thiophene rings is 1. The summed E-state index contributed by atoms with van der Waals surface area (Å²) in [5.74, 6) is 0. The van der Waals surface area contributed by atoms with E-state index in [0.29, 0.717) is 0 Å². The molecule has 0 saturated heterocycles. The summed E-state index contributed by atoms with van der Waals surface area (Å²) >= 11 is 7.98. The lowest BCUT2D eigenvalue weighted by molar-refractivity contribution is 1.62. The third-order valence-corrected chi connectivity index (χ3v) is 7.46. The molecular weight excluding hydrogens is 503 g/mol. The first kappa shape index (κ1) is 15.8. The van der Waals surface area contributed by atoms with Crippen molar-refractivity contribution in [3.05, 3.63) is 80.8 Å². The van der Waals surface area contributed by atoms with Crippen molar-refractivity contribution in [2.45, 2.75) is 0 Å². The van der Waals surface area contributed by atoms with Gasteiger partial charge in [0.1, 0.15) is 0 Å². The van der Waals surface area contributed by atoms with Crippen LogP contribution < -0.4 is 0 Å². The van der Waals surface area contributed by atoms with Crippen LogP contribution >= 0.6 is 49.9 Å². The molecule has 0 nitrogen and oxygen atoms in total. The first-order valence-electron chi connectivity index (χ1n) is 8.01. The van der Waals surface area contributed by atoms with E-state index in [1.807, 2.05) is 11.3 Å². The summed E-state index contributed by atoms with van der Waals surface area (Å²) < 4.78 is 5.17. The topological polar surface area (TPSA) is 0 Å². The first-order chi connectivity index (χ1) is 12.2. The fraction of sp³-hybridized carbons (Fsp3) is 0. The standard InChI is InChI=1S/C22H12BrIS/c23-14-11-9-13(10-12-14)19-20-17-7-3-4-8-18(17)25-22(20)16-6-2-1-5-15(16)21(19)24/h1-12H. The number of fused-ring (bicyclic) bond motifs is 5. The molecular formula is C22H12BrIS. The molecule has 0 saturated carbocycles. The van der Waals surface area contributed by atoms with Gasteiger partial charge in [-0.05, 0) is 51.7 Å². The molecule has 0 fully saturated rings. The Morgan fingerprint density at radius 3 is 2.12 bits per heavy atom. The van der Waals surface area contributed by atoms with Crippen molar-refractivity contribution in [2.24, 2.45) is 0 Å². The maximum atomic E-state index is 3.56.